The number of fused-ring (bicyclic) bond motifs is 1. The van der Waals surface area contributed by atoms with Gasteiger partial charge in [-0.05, 0) is 107 Å². The molecule has 0 unspecified atom stereocenters. The number of amides is 1. The van der Waals surface area contributed by atoms with Crippen LogP contribution in [-0.4, -0.2) is 32.5 Å². The SMILES string of the molecule is Cc1cc(C)cc(-n2c(S[C@@H](C)C(=O)c3ccc(C)c(C)c3)nc3cc(C(=O)NC(C)C)ccc3c2=O)c1. The first kappa shape index (κ1) is 27.3. The second-order valence-electron chi connectivity index (χ2n) is 10.2. The number of aromatic nitrogens is 2. The van der Waals surface area contributed by atoms with Crippen LogP contribution in [0.15, 0.2) is 64.5 Å². The number of hydrogen-bond donors (Lipinski definition) is 1. The van der Waals surface area contributed by atoms with Gasteiger partial charge in [0.25, 0.3) is 11.5 Å². The minimum Gasteiger partial charge on any atom is -0.350 e. The van der Waals surface area contributed by atoms with Crippen LogP contribution in [-0.2, 0) is 0 Å². The van der Waals surface area contributed by atoms with Crippen LogP contribution in [0.2, 0.25) is 0 Å². The summed E-state index contributed by atoms with van der Waals surface area (Å²) in [5, 5.41) is 3.19. The highest BCUT2D eigenvalue weighted by atomic mass is 32.2. The Kier molecular flexibility index (Phi) is 7.88. The Morgan fingerprint density at radius 2 is 1.50 bits per heavy atom. The van der Waals surface area contributed by atoms with Gasteiger partial charge in [0.05, 0.1) is 21.8 Å². The Bertz CT molecular complexity index is 1600. The van der Waals surface area contributed by atoms with Crippen LogP contribution in [0.25, 0.3) is 16.6 Å². The number of nitrogens with one attached hydrogen (secondary N) is 1. The van der Waals surface area contributed by atoms with E-state index in [2.05, 4.69) is 5.32 Å². The third-order valence-electron chi connectivity index (χ3n) is 6.43. The van der Waals surface area contributed by atoms with Crippen molar-refractivity contribution in [3.8, 4) is 5.69 Å². The molecule has 1 aromatic heterocycles. The van der Waals surface area contributed by atoms with Crippen molar-refractivity contribution in [2.24, 2.45) is 0 Å². The number of aryl methyl sites for hydroxylation is 4. The molecule has 6 nitrogen and oxygen atoms in total. The molecule has 0 fully saturated rings. The first-order valence-electron chi connectivity index (χ1n) is 12.7. The first-order chi connectivity index (χ1) is 17.9. The average molecular weight is 528 g/mol. The third-order valence-corrected chi connectivity index (χ3v) is 7.48. The van der Waals surface area contributed by atoms with Crippen molar-refractivity contribution in [1.29, 1.82) is 0 Å². The van der Waals surface area contributed by atoms with Crippen LogP contribution in [0.3, 0.4) is 0 Å². The average Bonchev–Trinajstić information content (AvgIpc) is 2.84. The van der Waals surface area contributed by atoms with Gasteiger partial charge < -0.3 is 5.32 Å². The smallest absolute Gasteiger partial charge is 0.266 e. The van der Waals surface area contributed by atoms with Gasteiger partial charge in [0, 0.05) is 17.2 Å². The van der Waals surface area contributed by atoms with Gasteiger partial charge in [-0.3, -0.25) is 19.0 Å². The van der Waals surface area contributed by atoms with Gasteiger partial charge in [-0.25, -0.2) is 4.98 Å². The summed E-state index contributed by atoms with van der Waals surface area (Å²) in [5.74, 6) is -0.265. The fourth-order valence-corrected chi connectivity index (χ4v) is 5.38. The largest absolute Gasteiger partial charge is 0.350 e. The molecule has 1 N–H and O–H groups in total. The molecule has 3 aromatic carbocycles. The van der Waals surface area contributed by atoms with Gasteiger partial charge in [-0.15, -0.1) is 0 Å². The first-order valence-corrected chi connectivity index (χ1v) is 13.6. The van der Waals surface area contributed by atoms with E-state index in [-0.39, 0.29) is 23.3 Å². The summed E-state index contributed by atoms with van der Waals surface area (Å²) in [6.07, 6.45) is 0. The number of rotatable bonds is 7. The van der Waals surface area contributed by atoms with E-state index in [1.54, 1.807) is 22.8 Å². The molecule has 38 heavy (non-hydrogen) atoms. The lowest BCUT2D eigenvalue weighted by Crippen LogP contribution is -2.30. The van der Waals surface area contributed by atoms with Crippen LogP contribution in [0.4, 0.5) is 0 Å². The van der Waals surface area contributed by atoms with Crippen molar-refractivity contribution in [2.75, 3.05) is 0 Å². The minimum atomic E-state index is -0.494. The molecular weight excluding hydrogens is 494 g/mol. The van der Waals surface area contributed by atoms with E-state index in [4.69, 9.17) is 4.98 Å². The van der Waals surface area contributed by atoms with Crippen molar-refractivity contribution in [3.05, 3.63) is 98.3 Å². The van der Waals surface area contributed by atoms with Crippen LogP contribution in [0, 0.1) is 27.7 Å². The van der Waals surface area contributed by atoms with Crippen molar-refractivity contribution < 1.29 is 9.59 Å². The molecular formula is C31H33N3O3S. The molecule has 0 aliphatic rings. The Morgan fingerprint density at radius 1 is 0.842 bits per heavy atom. The molecule has 1 atom stereocenters. The van der Waals surface area contributed by atoms with Gasteiger partial charge >= 0.3 is 0 Å². The molecule has 0 bridgehead atoms. The molecule has 0 spiro atoms. The predicted octanol–water partition coefficient (Wildman–Crippen LogP) is 6.12. The Morgan fingerprint density at radius 3 is 2.13 bits per heavy atom. The van der Waals surface area contributed by atoms with E-state index >= 15 is 0 Å². The molecule has 7 heteroatoms. The van der Waals surface area contributed by atoms with Crippen molar-refractivity contribution >= 4 is 34.4 Å². The lowest BCUT2D eigenvalue weighted by molar-refractivity contribution is 0.0942. The summed E-state index contributed by atoms with van der Waals surface area (Å²) in [4.78, 5) is 44.7. The number of nitrogens with zero attached hydrogens (tertiary/aromatic N) is 2. The Balaban J connectivity index is 1.85. The zero-order valence-corrected chi connectivity index (χ0v) is 23.7. The number of ketones is 1. The summed E-state index contributed by atoms with van der Waals surface area (Å²) in [6.45, 7) is 13.6. The number of carbonyl (C=O) groups excluding carboxylic acids is 2. The Labute approximate surface area is 227 Å². The highest BCUT2D eigenvalue weighted by molar-refractivity contribution is 8.00. The molecule has 0 saturated heterocycles. The maximum Gasteiger partial charge on any atom is 0.266 e. The van der Waals surface area contributed by atoms with E-state index in [1.165, 1.54) is 11.8 Å². The molecule has 4 rings (SSSR count). The van der Waals surface area contributed by atoms with E-state index in [1.807, 2.05) is 84.9 Å². The highest BCUT2D eigenvalue weighted by Gasteiger charge is 2.22. The van der Waals surface area contributed by atoms with Crippen LogP contribution in [0.5, 0.6) is 0 Å². The van der Waals surface area contributed by atoms with Gasteiger partial charge in [-0.2, -0.15) is 0 Å². The molecule has 0 aliphatic heterocycles. The van der Waals surface area contributed by atoms with Crippen molar-refractivity contribution in [1.82, 2.24) is 14.9 Å². The quantitative estimate of drug-likeness (QED) is 0.178. The summed E-state index contributed by atoms with van der Waals surface area (Å²) in [5.41, 5.74) is 6.13. The maximum absolute atomic E-state index is 13.9. The molecule has 4 aromatic rings. The number of benzene rings is 3. The summed E-state index contributed by atoms with van der Waals surface area (Å²) >= 11 is 1.25. The monoisotopic (exact) mass is 527 g/mol. The standard InChI is InChI=1S/C31H33N3O3S/c1-17(2)32-29(36)24-10-11-26-27(16-24)33-31(34(30(26)37)25-13-18(3)12-19(4)14-25)38-22(7)28(35)23-9-8-20(5)21(6)15-23/h8-17,22H,1-7H3,(H,32,36)/t22-/m0/s1. The van der Waals surface area contributed by atoms with E-state index in [0.29, 0.717) is 32.9 Å². The molecule has 1 heterocycles. The maximum atomic E-state index is 13.9. The lowest BCUT2D eigenvalue weighted by atomic mass is 10.0. The van der Waals surface area contributed by atoms with Gasteiger partial charge in [0.1, 0.15) is 0 Å². The second kappa shape index (κ2) is 11.0. The van der Waals surface area contributed by atoms with Gasteiger partial charge in [-0.1, -0.05) is 30.0 Å². The normalized spacial score (nSPS) is 12.1. The van der Waals surface area contributed by atoms with Gasteiger partial charge in [0.2, 0.25) is 0 Å². The number of hydrogen-bond acceptors (Lipinski definition) is 5. The highest BCUT2D eigenvalue weighted by Crippen LogP contribution is 2.28. The van der Waals surface area contributed by atoms with Crippen molar-refractivity contribution in [2.45, 2.75) is 64.9 Å². The minimum absolute atomic E-state index is 0.0212. The predicted molar refractivity (Wildman–Crippen MR) is 155 cm³/mol. The zero-order valence-electron chi connectivity index (χ0n) is 22.9. The van der Waals surface area contributed by atoms with E-state index in [9.17, 15) is 14.4 Å². The van der Waals surface area contributed by atoms with Crippen LogP contribution >= 0.6 is 11.8 Å². The van der Waals surface area contributed by atoms with Crippen molar-refractivity contribution in [3.63, 3.8) is 0 Å². The number of carbonyl (C=O) groups is 2. The number of Topliss-reactive ketones (excluding diaryl/α,β-unsaturated/α-hetero) is 1. The van der Waals surface area contributed by atoms with E-state index < -0.39 is 5.25 Å². The fourth-order valence-electron chi connectivity index (χ4n) is 4.38. The topological polar surface area (TPSA) is 81.1 Å². The molecule has 0 aliphatic carbocycles. The lowest BCUT2D eigenvalue weighted by Gasteiger charge is -2.17. The summed E-state index contributed by atoms with van der Waals surface area (Å²) < 4.78 is 1.57. The third kappa shape index (κ3) is 5.73. The molecule has 0 saturated carbocycles. The van der Waals surface area contributed by atoms with Crippen LogP contribution in [0.1, 0.15) is 63.7 Å². The molecule has 1 amide bonds. The summed E-state index contributed by atoms with van der Waals surface area (Å²) in [6, 6.07) is 16.5. The Hall–Kier alpha value is -3.71. The van der Waals surface area contributed by atoms with E-state index in [0.717, 1.165) is 22.3 Å². The number of thioether (sulfide) groups is 1. The van der Waals surface area contributed by atoms with Gasteiger partial charge in [0.15, 0.2) is 10.9 Å². The molecule has 0 radical (unpaired) electrons. The van der Waals surface area contributed by atoms with Crippen LogP contribution < -0.4 is 10.9 Å². The zero-order chi connectivity index (χ0) is 27.7. The summed E-state index contributed by atoms with van der Waals surface area (Å²) in [7, 11) is 0. The fraction of sp³-hybridized carbons (Fsp3) is 0.290. The second-order valence-corrected chi connectivity index (χ2v) is 11.5. The molecule has 196 valence electrons.